The molecular weight excluding hydrogens is 971 g/mol. The van der Waals surface area contributed by atoms with Crippen LogP contribution in [0, 0.1) is 25.8 Å². The minimum absolute atomic E-state index is 0. The number of furan rings is 1. The molecule has 0 aliphatic heterocycles. The molecule has 0 bridgehead atoms. The van der Waals surface area contributed by atoms with Crippen LogP contribution in [0.15, 0.2) is 162 Å². The molecule has 65 heavy (non-hydrogen) atoms. The number of benzene rings is 7. The number of fused-ring (bicyclic) bond motifs is 4. The zero-order valence-electron chi connectivity index (χ0n) is 43.7. The Morgan fingerprint density at radius 1 is 0.646 bits per heavy atom. The molecule has 3 heterocycles. The van der Waals surface area contributed by atoms with E-state index >= 15 is 0 Å². The standard InChI is InChI=1S/C44H37N2O.C16H18N.Ir/c1-27(2)37-25-32(30-15-8-6-9-16-30)26-38(28(3)4)41(37)46-40-22-13-12-21-39(40)45-44(46)36-20-14-19-34-35-24-23-33(31-17-10-7-11-18-31)29(5)42(35)47-43(34)36;1-12-8-9-15(17-11-12)13-6-5-7-14(10-13)16(2,3)4;/h6-19,21-28H,1-5H3;5,7-11H,1-4H3;/q2*-1;/i5D3;1D3;. The molecule has 0 fully saturated rings. The van der Waals surface area contributed by atoms with Crippen LogP contribution in [-0.2, 0) is 25.5 Å². The van der Waals surface area contributed by atoms with Crippen LogP contribution in [-0.4, -0.2) is 14.5 Å². The van der Waals surface area contributed by atoms with Gasteiger partial charge in [0.2, 0.25) is 0 Å². The Morgan fingerprint density at radius 2 is 1.31 bits per heavy atom. The van der Waals surface area contributed by atoms with Crippen molar-refractivity contribution < 1.29 is 32.7 Å². The van der Waals surface area contributed by atoms with Crippen molar-refractivity contribution in [2.45, 2.75) is 79.4 Å². The van der Waals surface area contributed by atoms with Crippen molar-refractivity contribution in [1.82, 2.24) is 14.5 Å². The fourth-order valence-corrected chi connectivity index (χ4v) is 8.50. The molecule has 1 radical (unpaired) electrons. The van der Waals surface area contributed by atoms with Crippen molar-refractivity contribution in [2.75, 3.05) is 0 Å². The van der Waals surface area contributed by atoms with E-state index in [1.165, 1.54) is 34.0 Å². The summed E-state index contributed by atoms with van der Waals surface area (Å²) in [6, 6.07) is 56.7. The summed E-state index contributed by atoms with van der Waals surface area (Å²) < 4.78 is 56.9. The van der Waals surface area contributed by atoms with Gasteiger partial charge in [0.25, 0.3) is 0 Å². The molecule has 0 saturated carbocycles. The smallest absolute Gasteiger partial charge is 0.124 e. The first kappa shape index (κ1) is 37.9. The zero-order valence-corrected chi connectivity index (χ0v) is 40.1. The molecule has 5 heteroatoms. The number of rotatable bonds is 7. The third kappa shape index (κ3) is 8.88. The molecule has 7 aromatic carbocycles. The number of nitrogens with zero attached hydrogens (tertiary/aromatic N) is 3. The molecule has 0 saturated heterocycles. The molecule has 0 spiro atoms. The zero-order chi connectivity index (χ0) is 49.7. The minimum atomic E-state index is -2.41. The summed E-state index contributed by atoms with van der Waals surface area (Å²) in [5.74, 6) is 1.12. The van der Waals surface area contributed by atoms with Gasteiger partial charge in [-0.1, -0.05) is 156 Å². The number of aryl methyl sites for hydroxylation is 2. The molecule has 0 aliphatic carbocycles. The summed E-state index contributed by atoms with van der Waals surface area (Å²) >= 11 is 0. The molecule has 3 aromatic heterocycles. The quantitative estimate of drug-likeness (QED) is 0.149. The first-order valence-corrected chi connectivity index (χ1v) is 22.0. The Bertz CT molecular complexity index is 3470. The molecule has 0 aliphatic rings. The number of para-hydroxylation sites is 2. The summed E-state index contributed by atoms with van der Waals surface area (Å²) in [5, 5.41) is 1.58. The van der Waals surface area contributed by atoms with Gasteiger partial charge in [-0.15, -0.1) is 53.6 Å². The predicted molar refractivity (Wildman–Crippen MR) is 268 cm³/mol. The molecular formula is C60H55IrN3O-2. The molecule has 4 nitrogen and oxygen atoms in total. The Kier molecular flexibility index (Phi) is 10.9. The van der Waals surface area contributed by atoms with Gasteiger partial charge in [-0.2, -0.15) is 0 Å². The van der Waals surface area contributed by atoms with Crippen LogP contribution in [0.25, 0.3) is 83.6 Å². The van der Waals surface area contributed by atoms with Gasteiger partial charge in [-0.05, 0) is 105 Å². The van der Waals surface area contributed by atoms with Gasteiger partial charge in [-0.25, -0.2) is 0 Å². The van der Waals surface area contributed by atoms with Crippen LogP contribution in [0.1, 0.15) is 96.3 Å². The third-order valence-corrected chi connectivity index (χ3v) is 11.9. The van der Waals surface area contributed by atoms with Crippen LogP contribution in [0.4, 0.5) is 0 Å². The third-order valence-electron chi connectivity index (χ3n) is 11.9. The van der Waals surface area contributed by atoms with Crippen molar-refractivity contribution in [3.8, 4) is 50.6 Å². The molecule has 327 valence electrons. The van der Waals surface area contributed by atoms with E-state index in [-0.39, 0.29) is 48.5 Å². The molecule has 0 atom stereocenters. The van der Waals surface area contributed by atoms with E-state index < -0.39 is 13.7 Å². The molecule has 10 rings (SSSR count). The van der Waals surface area contributed by atoms with Gasteiger partial charge in [0.15, 0.2) is 0 Å². The Labute approximate surface area is 406 Å². The number of imidazole rings is 1. The van der Waals surface area contributed by atoms with Gasteiger partial charge in [0, 0.05) is 45.6 Å². The van der Waals surface area contributed by atoms with Crippen molar-refractivity contribution in [3.05, 3.63) is 198 Å². The van der Waals surface area contributed by atoms with Gasteiger partial charge >= 0.3 is 0 Å². The Morgan fingerprint density at radius 3 is 1.95 bits per heavy atom. The molecule has 0 unspecified atom stereocenters. The molecule has 0 amide bonds. The van der Waals surface area contributed by atoms with Crippen LogP contribution in [0.2, 0.25) is 0 Å². The van der Waals surface area contributed by atoms with Crippen molar-refractivity contribution in [2.24, 2.45) is 0 Å². The normalized spacial score (nSPS) is 13.4. The fraction of sp³-hybridized carbons (Fsp3) is 0.200. The van der Waals surface area contributed by atoms with Crippen LogP contribution in [0.3, 0.4) is 0 Å². The summed E-state index contributed by atoms with van der Waals surface area (Å²) in [4.78, 5) is 9.51. The van der Waals surface area contributed by atoms with Gasteiger partial charge in [0.1, 0.15) is 5.58 Å². The number of hydrogen-bond acceptors (Lipinski definition) is 3. The second kappa shape index (κ2) is 18.6. The number of hydrogen-bond donors (Lipinski definition) is 0. The van der Waals surface area contributed by atoms with E-state index in [1.807, 2.05) is 91.0 Å². The average Bonchev–Trinajstić information content (AvgIpc) is 3.92. The second-order valence-corrected chi connectivity index (χ2v) is 18.0. The fourth-order valence-electron chi connectivity index (χ4n) is 8.50. The van der Waals surface area contributed by atoms with Crippen molar-refractivity contribution >= 4 is 33.0 Å². The summed E-state index contributed by atoms with van der Waals surface area (Å²) in [7, 11) is 0. The van der Waals surface area contributed by atoms with E-state index in [0.717, 1.165) is 44.3 Å². The first-order valence-electron chi connectivity index (χ1n) is 25.0. The van der Waals surface area contributed by atoms with Gasteiger partial charge in [0.05, 0.1) is 22.4 Å². The van der Waals surface area contributed by atoms with Crippen LogP contribution < -0.4 is 0 Å². The van der Waals surface area contributed by atoms with E-state index in [1.54, 1.807) is 12.1 Å². The average molecular weight is 1030 g/mol. The molecule has 0 N–H and O–H groups in total. The Balaban J connectivity index is 0.000000271. The summed E-state index contributed by atoms with van der Waals surface area (Å²) in [5.41, 5.74) is 14.2. The van der Waals surface area contributed by atoms with Gasteiger partial charge < -0.3 is 14.0 Å². The number of aromatic nitrogens is 3. The van der Waals surface area contributed by atoms with Gasteiger partial charge in [-0.3, -0.25) is 4.98 Å². The second-order valence-electron chi connectivity index (χ2n) is 18.0. The Hall–Kier alpha value is -6.39. The van der Waals surface area contributed by atoms with Crippen molar-refractivity contribution in [3.63, 3.8) is 0 Å². The van der Waals surface area contributed by atoms with E-state index in [4.69, 9.17) is 17.6 Å². The monoisotopic (exact) mass is 1030 g/mol. The van der Waals surface area contributed by atoms with E-state index in [2.05, 4.69) is 119 Å². The SMILES string of the molecule is [2H]C([2H])([2H])c1c(-c2ccccc2)ccc2c1oc1c(-c3nc4ccccc4n3-c3c(C(C)C)cc(-c4ccccc4)cc3C(C)C)[c-]ccc12.[2H]C([2H])([2H])c1ccc(-c2[c-]ccc(C(C)(C)C)c2)nc1.[Ir]. The first-order chi connectivity index (χ1) is 33.3. The maximum Gasteiger partial charge on any atom is 0.124 e. The maximum absolute atomic E-state index is 8.61. The summed E-state index contributed by atoms with van der Waals surface area (Å²) in [6.07, 6.45) is 1.42. The minimum Gasteiger partial charge on any atom is -0.500 e. The van der Waals surface area contributed by atoms with E-state index in [0.29, 0.717) is 28.1 Å². The summed E-state index contributed by atoms with van der Waals surface area (Å²) in [6.45, 7) is 10.9. The van der Waals surface area contributed by atoms with Crippen LogP contribution >= 0.6 is 0 Å². The van der Waals surface area contributed by atoms with Crippen molar-refractivity contribution in [1.29, 1.82) is 0 Å². The predicted octanol–water partition coefficient (Wildman–Crippen LogP) is 16.4. The topological polar surface area (TPSA) is 43.9 Å². The largest absolute Gasteiger partial charge is 0.500 e. The molecule has 10 aromatic rings. The van der Waals surface area contributed by atoms with E-state index in [9.17, 15) is 0 Å². The van der Waals surface area contributed by atoms with Crippen LogP contribution in [0.5, 0.6) is 0 Å². The number of pyridine rings is 1. The maximum atomic E-state index is 8.61.